The molecular formula is C17H20BrN3O4S2. The second-order valence-corrected chi connectivity index (χ2v) is 10.5. The average molecular weight is 474 g/mol. The van der Waals surface area contributed by atoms with Crippen LogP contribution in [0.25, 0.3) is 4.85 Å². The van der Waals surface area contributed by atoms with Crippen LogP contribution < -0.4 is 8.61 Å². The van der Waals surface area contributed by atoms with E-state index >= 15 is 0 Å². The van der Waals surface area contributed by atoms with Crippen molar-refractivity contribution in [2.24, 2.45) is 0 Å². The first-order chi connectivity index (χ1) is 12.4. The van der Waals surface area contributed by atoms with Crippen LogP contribution >= 0.6 is 15.9 Å². The average Bonchev–Trinajstić information content (AvgIpc) is 2.59. The van der Waals surface area contributed by atoms with Crippen molar-refractivity contribution in [3.8, 4) is 0 Å². The monoisotopic (exact) mass is 473 g/mol. The highest BCUT2D eigenvalue weighted by atomic mass is 79.9. The minimum atomic E-state index is -3.25. The molecule has 0 aliphatic carbocycles. The van der Waals surface area contributed by atoms with Gasteiger partial charge >= 0.3 is 0 Å². The first kappa shape index (κ1) is 23.0. The number of rotatable bonds is 4. The Bertz CT molecular complexity index is 1050. The number of hydrogen-bond donors (Lipinski definition) is 0. The summed E-state index contributed by atoms with van der Waals surface area (Å²) in [5, 5.41) is 0. The summed E-state index contributed by atoms with van der Waals surface area (Å²) >= 11 is 3.28. The third-order valence-corrected chi connectivity index (χ3v) is 6.39. The first-order valence-electron chi connectivity index (χ1n) is 7.47. The van der Waals surface area contributed by atoms with E-state index < -0.39 is 20.0 Å². The summed E-state index contributed by atoms with van der Waals surface area (Å²) in [5.74, 6) is 0. The molecule has 0 aliphatic rings. The molecule has 0 saturated heterocycles. The second kappa shape index (κ2) is 9.21. The summed E-state index contributed by atoms with van der Waals surface area (Å²) in [6.07, 6.45) is 2.30. The predicted molar refractivity (Wildman–Crippen MR) is 113 cm³/mol. The fourth-order valence-electron chi connectivity index (χ4n) is 1.81. The maximum Gasteiger partial charge on any atom is 0.231 e. The van der Waals surface area contributed by atoms with Gasteiger partial charge in [-0.3, -0.25) is 8.61 Å². The summed E-state index contributed by atoms with van der Waals surface area (Å²) in [4.78, 5) is 3.22. The summed E-state index contributed by atoms with van der Waals surface area (Å²) in [5.41, 5.74) is 1.58. The molecule has 0 N–H and O–H groups in total. The molecule has 0 unspecified atom stereocenters. The fourth-order valence-corrected chi connectivity index (χ4v) is 3.19. The van der Waals surface area contributed by atoms with E-state index in [9.17, 15) is 16.8 Å². The quantitative estimate of drug-likeness (QED) is 0.636. The Hall–Kier alpha value is -2.09. The molecule has 7 nitrogen and oxygen atoms in total. The molecule has 146 valence electrons. The minimum Gasteiger partial charge on any atom is -0.275 e. The molecule has 2 rings (SSSR count). The van der Waals surface area contributed by atoms with Crippen LogP contribution in [0.1, 0.15) is 0 Å². The van der Waals surface area contributed by atoms with Crippen molar-refractivity contribution < 1.29 is 16.8 Å². The predicted octanol–water partition coefficient (Wildman–Crippen LogP) is 3.48. The van der Waals surface area contributed by atoms with Crippen LogP contribution in [0, 0.1) is 6.57 Å². The van der Waals surface area contributed by atoms with Crippen LogP contribution in [0.15, 0.2) is 53.0 Å². The topological polar surface area (TPSA) is 79.1 Å². The van der Waals surface area contributed by atoms with Crippen molar-refractivity contribution in [2.75, 3.05) is 35.2 Å². The Labute approximate surface area is 169 Å². The largest absolute Gasteiger partial charge is 0.275 e. The molecule has 2 aromatic rings. The maximum absolute atomic E-state index is 11.2. The number of hydrogen-bond acceptors (Lipinski definition) is 4. The molecule has 0 fully saturated rings. The number of halogens is 1. The SMILES string of the molecule is CN(c1cccc(Br)c1)S(C)(=O)=O.[C-]#[N+]c1cccc(N(C)S(C)(=O)=O)c1. The second-order valence-electron chi connectivity index (χ2n) is 5.57. The molecule has 27 heavy (non-hydrogen) atoms. The zero-order valence-corrected chi connectivity index (χ0v) is 18.5. The highest BCUT2D eigenvalue weighted by Gasteiger charge is 2.12. The van der Waals surface area contributed by atoms with Gasteiger partial charge in [0.1, 0.15) is 0 Å². The molecule has 0 heterocycles. The standard InChI is InChI=1S/C9H10N2O2S.C8H10BrNO2S/c1-10-8-5-4-6-9(7-8)11(2)14(3,12)13;1-10(13(2,11)12)8-5-3-4-7(9)6-8/h4-7H,2-3H3;3-6H,1-2H3. The fraction of sp³-hybridized carbons (Fsp3) is 0.235. The van der Waals surface area contributed by atoms with E-state index in [1.165, 1.54) is 30.7 Å². The Morgan fingerprint density at radius 3 is 1.70 bits per heavy atom. The van der Waals surface area contributed by atoms with E-state index in [1.54, 1.807) is 36.4 Å². The van der Waals surface area contributed by atoms with Gasteiger partial charge in [0.25, 0.3) is 0 Å². The maximum atomic E-state index is 11.2. The van der Waals surface area contributed by atoms with E-state index in [0.29, 0.717) is 17.1 Å². The van der Waals surface area contributed by atoms with Crippen molar-refractivity contribution in [1.29, 1.82) is 0 Å². The van der Waals surface area contributed by atoms with Gasteiger partial charge in [0.2, 0.25) is 20.0 Å². The number of nitrogens with zero attached hydrogens (tertiary/aromatic N) is 3. The van der Waals surface area contributed by atoms with Crippen molar-refractivity contribution in [3.05, 3.63) is 64.4 Å². The molecular weight excluding hydrogens is 454 g/mol. The van der Waals surface area contributed by atoms with Gasteiger partial charge in [0.05, 0.1) is 24.8 Å². The summed E-state index contributed by atoms with van der Waals surface area (Å²) in [7, 11) is -3.43. The van der Waals surface area contributed by atoms with E-state index in [2.05, 4.69) is 20.8 Å². The number of anilines is 2. The summed E-state index contributed by atoms with van der Waals surface area (Å²) < 4.78 is 47.9. The van der Waals surface area contributed by atoms with Gasteiger partial charge < -0.3 is 0 Å². The number of benzene rings is 2. The lowest BCUT2D eigenvalue weighted by molar-refractivity contribution is 0.598. The van der Waals surface area contributed by atoms with Crippen LogP contribution in [0.4, 0.5) is 17.1 Å². The van der Waals surface area contributed by atoms with Crippen LogP contribution in [-0.2, 0) is 20.0 Å². The van der Waals surface area contributed by atoms with Crippen LogP contribution in [0.3, 0.4) is 0 Å². The summed E-state index contributed by atoms with van der Waals surface area (Å²) in [6.45, 7) is 6.79. The molecule has 0 saturated carbocycles. The van der Waals surface area contributed by atoms with Gasteiger partial charge in [-0.1, -0.05) is 34.1 Å². The third-order valence-electron chi connectivity index (χ3n) is 3.49. The lowest BCUT2D eigenvalue weighted by Gasteiger charge is -2.16. The van der Waals surface area contributed by atoms with Gasteiger partial charge in [0.15, 0.2) is 5.69 Å². The van der Waals surface area contributed by atoms with Gasteiger partial charge in [-0.15, -0.1) is 0 Å². The Balaban J connectivity index is 0.000000271. The van der Waals surface area contributed by atoms with Crippen LogP contribution in [0.5, 0.6) is 0 Å². The highest BCUT2D eigenvalue weighted by molar-refractivity contribution is 9.10. The van der Waals surface area contributed by atoms with Gasteiger partial charge in [-0.25, -0.2) is 21.7 Å². The van der Waals surface area contributed by atoms with Gasteiger partial charge in [-0.05, 0) is 30.3 Å². The Morgan fingerprint density at radius 1 is 0.852 bits per heavy atom. The first-order valence-corrected chi connectivity index (χ1v) is 12.0. The zero-order valence-electron chi connectivity index (χ0n) is 15.3. The molecule has 0 aliphatic heterocycles. The van der Waals surface area contributed by atoms with E-state index in [4.69, 9.17) is 6.57 Å². The molecule has 0 bridgehead atoms. The molecule has 0 spiro atoms. The molecule has 0 amide bonds. The molecule has 2 aromatic carbocycles. The smallest absolute Gasteiger partial charge is 0.231 e. The molecule has 0 atom stereocenters. The summed E-state index contributed by atoms with van der Waals surface area (Å²) in [6, 6.07) is 13.6. The van der Waals surface area contributed by atoms with Crippen molar-refractivity contribution in [3.63, 3.8) is 0 Å². The zero-order chi connectivity index (χ0) is 20.8. The van der Waals surface area contributed by atoms with E-state index in [-0.39, 0.29) is 0 Å². The minimum absolute atomic E-state index is 0.429. The molecule has 0 aromatic heterocycles. The van der Waals surface area contributed by atoms with Crippen LogP contribution in [0.2, 0.25) is 0 Å². The molecule has 0 radical (unpaired) electrons. The number of sulfonamides is 2. The van der Waals surface area contributed by atoms with Gasteiger partial charge in [-0.2, -0.15) is 0 Å². The Kier molecular flexibility index (Phi) is 7.83. The van der Waals surface area contributed by atoms with Crippen LogP contribution in [-0.4, -0.2) is 43.4 Å². The van der Waals surface area contributed by atoms with Gasteiger partial charge in [0, 0.05) is 24.3 Å². The van der Waals surface area contributed by atoms with Crippen molar-refractivity contribution >= 4 is 53.0 Å². The Morgan fingerprint density at radius 2 is 1.30 bits per heavy atom. The highest BCUT2D eigenvalue weighted by Crippen LogP contribution is 2.22. The van der Waals surface area contributed by atoms with E-state index in [1.807, 2.05) is 6.07 Å². The third kappa shape index (κ3) is 7.21. The normalized spacial score (nSPS) is 11.0. The van der Waals surface area contributed by atoms with E-state index in [0.717, 1.165) is 15.0 Å². The van der Waals surface area contributed by atoms with Crippen molar-refractivity contribution in [2.45, 2.75) is 0 Å². The lowest BCUT2D eigenvalue weighted by Crippen LogP contribution is -2.24. The van der Waals surface area contributed by atoms with Crippen molar-refractivity contribution in [1.82, 2.24) is 0 Å². The lowest BCUT2D eigenvalue weighted by atomic mass is 10.3. The molecule has 10 heteroatoms.